The van der Waals surface area contributed by atoms with Crippen LogP contribution < -0.4 is 14.9 Å². The number of carbonyl (C=O) groups excluding carboxylic acids is 2. The number of nitrogens with one attached hydrogen (secondary N) is 1. The molecule has 0 aliphatic rings. The maximum Gasteiger partial charge on any atom is 0.343 e. The van der Waals surface area contributed by atoms with Gasteiger partial charge < -0.3 is 9.47 Å². The van der Waals surface area contributed by atoms with Gasteiger partial charge >= 0.3 is 5.97 Å². The minimum atomic E-state index is -0.480. The molecule has 0 saturated heterocycles. The van der Waals surface area contributed by atoms with Crippen molar-refractivity contribution in [3.63, 3.8) is 0 Å². The van der Waals surface area contributed by atoms with E-state index in [1.165, 1.54) is 90.6 Å². The highest BCUT2D eigenvalue weighted by Gasteiger charge is 2.13. The molecule has 0 aliphatic heterocycles. The van der Waals surface area contributed by atoms with Crippen molar-refractivity contribution >= 4 is 34.0 Å². The largest absolute Gasteiger partial charge is 0.493 e. The van der Waals surface area contributed by atoms with Gasteiger partial charge in [-0.2, -0.15) is 5.10 Å². The molecule has 2 rings (SSSR count). The number of amides is 1. The molecule has 6 nitrogen and oxygen atoms in total. The van der Waals surface area contributed by atoms with Crippen molar-refractivity contribution in [1.29, 1.82) is 0 Å². The van der Waals surface area contributed by atoms with Crippen LogP contribution in [0.25, 0.3) is 0 Å². The van der Waals surface area contributed by atoms with Gasteiger partial charge in [0.2, 0.25) is 5.91 Å². The van der Waals surface area contributed by atoms with Crippen molar-refractivity contribution in [2.24, 2.45) is 5.10 Å². The summed E-state index contributed by atoms with van der Waals surface area (Å²) in [5, 5.41) is 4.06. The minimum absolute atomic E-state index is 0.0857. The Morgan fingerprint density at radius 1 is 0.800 bits per heavy atom. The summed E-state index contributed by atoms with van der Waals surface area (Å²) in [4.78, 5) is 24.6. The zero-order valence-electron chi connectivity index (χ0n) is 24.4. The standard InChI is InChI=1S/C33H47BrN2O4/c1-3-4-5-6-7-8-9-10-11-12-13-14-15-16-17-21-32(37)36-35-26-27-22-23-30(31(24-27)39-2)40-33(38)28-19-18-20-29(34)25-28/h18-20,22-26H,3-17,21H2,1-2H3,(H,36,37). The summed E-state index contributed by atoms with van der Waals surface area (Å²) < 4.78 is 11.7. The van der Waals surface area contributed by atoms with E-state index in [-0.39, 0.29) is 5.91 Å². The minimum Gasteiger partial charge on any atom is -0.493 e. The number of esters is 1. The van der Waals surface area contributed by atoms with Gasteiger partial charge in [-0.05, 0) is 48.4 Å². The van der Waals surface area contributed by atoms with E-state index in [9.17, 15) is 9.59 Å². The number of methoxy groups -OCH3 is 1. The number of nitrogens with zero attached hydrogens (tertiary/aromatic N) is 1. The van der Waals surface area contributed by atoms with Crippen molar-refractivity contribution in [2.75, 3.05) is 7.11 Å². The summed E-state index contributed by atoms with van der Waals surface area (Å²) in [5.41, 5.74) is 3.74. The molecule has 0 fully saturated rings. The van der Waals surface area contributed by atoms with E-state index in [1.807, 2.05) is 6.07 Å². The van der Waals surface area contributed by atoms with Gasteiger partial charge in [0, 0.05) is 10.9 Å². The fourth-order valence-corrected chi connectivity index (χ4v) is 4.91. The molecule has 0 spiro atoms. The normalized spacial score (nSPS) is 11.1. The molecule has 1 N–H and O–H groups in total. The van der Waals surface area contributed by atoms with Gasteiger partial charge in [0.05, 0.1) is 18.9 Å². The first-order valence-corrected chi connectivity index (χ1v) is 15.8. The predicted molar refractivity (Wildman–Crippen MR) is 167 cm³/mol. The van der Waals surface area contributed by atoms with Crippen LogP contribution in [0.4, 0.5) is 0 Å². The van der Waals surface area contributed by atoms with Gasteiger partial charge in [-0.3, -0.25) is 4.79 Å². The third-order valence-electron chi connectivity index (χ3n) is 6.86. The zero-order chi connectivity index (χ0) is 28.8. The lowest BCUT2D eigenvalue weighted by atomic mass is 10.0. The number of benzene rings is 2. The average molecular weight is 616 g/mol. The number of ether oxygens (including phenoxy) is 2. The van der Waals surface area contributed by atoms with Crippen LogP contribution in [0.2, 0.25) is 0 Å². The van der Waals surface area contributed by atoms with Crippen molar-refractivity contribution in [1.82, 2.24) is 5.43 Å². The number of halogens is 1. The number of hydrogen-bond donors (Lipinski definition) is 1. The Labute approximate surface area is 249 Å². The number of rotatable bonds is 21. The first-order chi connectivity index (χ1) is 19.5. The van der Waals surface area contributed by atoms with Crippen LogP contribution >= 0.6 is 15.9 Å². The molecular weight excluding hydrogens is 568 g/mol. The molecule has 0 aliphatic carbocycles. The second-order valence-corrected chi connectivity index (χ2v) is 11.2. The van der Waals surface area contributed by atoms with Crippen LogP contribution in [0.5, 0.6) is 11.5 Å². The topological polar surface area (TPSA) is 77.0 Å². The lowest BCUT2D eigenvalue weighted by Crippen LogP contribution is -2.16. The summed E-state index contributed by atoms with van der Waals surface area (Å²) in [6, 6.07) is 12.1. The smallest absolute Gasteiger partial charge is 0.343 e. The lowest BCUT2D eigenvalue weighted by molar-refractivity contribution is -0.121. The Bertz CT molecular complexity index is 1040. The Morgan fingerprint density at radius 2 is 1.40 bits per heavy atom. The highest BCUT2D eigenvalue weighted by molar-refractivity contribution is 9.10. The SMILES string of the molecule is CCCCCCCCCCCCCCCCCC(=O)NN=Cc1ccc(OC(=O)c2cccc(Br)c2)c(OC)c1. The molecular formula is C33H47BrN2O4. The quantitative estimate of drug-likeness (QED) is 0.0499. The molecule has 2 aromatic rings. The van der Waals surface area contributed by atoms with Crippen LogP contribution in [0.15, 0.2) is 52.0 Å². The molecule has 220 valence electrons. The molecule has 0 unspecified atom stereocenters. The highest BCUT2D eigenvalue weighted by Crippen LogP contribution is 2.28. The Hall–Kier alpha value is -2.67. The molecule has 7 heteroatoms. The predicted octanol–water partition coefficient (Wildman–Crippen LogP) is 9.39. The summed E-state index contributed by atoms with van der Waals surface area (Å²) >= 11 is 3.35. The Morgan fingerprint density at radius 3 is 1.98 bits per heavy atom. The number of hydrazone groups is 1. The number of unbranched alkanes of at least 4 members (excludes halogenated alkanes) is 14. The summed E-state index contributed by atoms with van der Waals surface area (Å²) in [5.74, 6) is 0.141. The summed E-state index contributed by atoms with van der Waals surface area (Å²) in [7, 11) is 1.51. The fourth-order valence-electron chi connectivity index (χ4n) is 4.51. The van der Waals surface area contributed by atoms with E-state index in [1.54, 1.807) is 42.6 Å². The monoisotopic (exact) mass is 614 g/mol. The van der Waals surface area contributed by atoms with E-state index in [0.717, 1.165) is 17.3 Å². The highest BCUT2D eigenvalue weighted by atomic mass is 79.9. The van der Waals surface area contributed by atoms with Gasteiger partial charge in [0.15, 0.2) is 11.5 Å². The lowest BCUT2D eigenvalue weighted by Gasteiger charge is -2.10. The molecule has 0 atom stereocenters. The molecule has 0 heterocycles. The van der Waals surface area contributed by atoms with Crippen molar-refractivity contribution in [3.8, 4) is 11.5 Å². The van der Waals surface area contributed by atoms with E-state index in [0.29, 0.717) is 29.0 Å². The Balaban J connectivity index is 1.55. The third-order valence-corrected chi connectivity index (χ3v) is 7.35. The van der Waals surface area contributed by atoms with E-state index < -0.39 is 5.97 Å². The second-order valence-electron chi connectivity index (χ2n) is 10.3. The number of hydrogen-bond acceptors (Lipinski definition) is 5. The fraction of sp³-hybridized carbons (Fsp3) is 0.545. The van der Waals surface area contributed by atoms with Crippen molar-refractivity contribution < 1.29 is 19.1 Å². The van der Waals surface area contributed by atoms with Gasteiger partial charge in [-0.1, -0.05) is 119 Å². The van der Waals surface area contributed by atoms with Crippen molar-refractivity contribution in [2.45, 2.75) is 110 Å². The Kier molecular flexibility index (Phi) is 17.7. The van der Waals surface area contributed by atoms with Crippen molar-refractivity contribution in [3.05, 3.63) is 58.1 Å². The average Bonchev–Trinajstić information content (AvgIpc) is 2.95. The zero-order valence-corrected chi connectivity index (χ0v) is 26.0. The van der Waals surface area contributed by atoms with Crippen LogP contribution in [-0.2, 0) is 4.79 Å². The summed E-state index contributed by atoms with van der Waals surface area (Å²) in [6.07, 6.45) is 21.6. The molecule has 0 saturated carbocycles. The first-order valence-electron chi connectivity index (χ1n) is 15.0. The maximum absolute atomic E-state index is 12.4. The van der Waals surface area contributed by atoms with Crippen LogP contribution in [-0.4, -0.2) is 25.2 Å². The van der Waals surface area contributed by atoms with Crippen LogP contribution in [0.1, 0.15) is 126 Å². The first kappa shape index (κ1) is 33.5. The molecule has 1 amide bonds. The maximum atomic E-state index is 12.4. The second kappa shape index (κ2) is 21.1. The van der Waals surface area contributed by atoms with Gasteiger partial charge in [0.1, 0.15) is 0 Å². The molecule has 2 aromatic carbocycles. The van der Waals surface area contributed by atoms with Gasteiger partial charge in [-0.15, -0.1) is 0 Å². The molecule has 0 radical (unpaired) electrons. The van der Waals surface area contributed by atoms with E-state index >= 15 is 0 Å². The van der Waals surface area contributed by atoms with Gasteiger partial charge in [-0.25, -0.2) is 10.2 Å². The summed E-state index contributed by atoms with van der Waals surface area (Å²) in [6.45, 7) is 2.27. The third kappa shape index (κ3) is 14.6. The molecule has 0 aromatic heterocycles. The van der Waals surface area contributed by atoms with E-state index in [2.05, 4.69) is 33.4 Å². The van der Waals surface area contributed by atoms with Crippen LogP contribution in [0, 0.1) is 0 Å². The van der Waals surface area contributed by atoms with Crippen LogP contribution in [0.3, 0.4) is 0 Å². The molecule has 0 bridgehead atoms. The van der Waals surface area contributed by atoms with Gasteiger partial charge in [0.25, 0.3) is 0 Å². The number of carbonyl (C=O) groups is 2. The molecule has 40 heavy (non-hydrogen) atoms. The van der Waals surface area contributed by atoms with E-state index in [4.69, 9.17) is 9.47 Å².